The van der Waals surface area contributed by atoms with Gasteiger partial charge in [0, 0.05) is 11.6 Å². The highest BCUT2D eigenvalue weighted by atomic mass is 16.2. The monoisotopic (exact) mass is 217 g/mol. The fourth-order valence-electron chi connectivity index (χ4n) is 1.83. The second kappa shape index (κ2) is 3.93. The average molecular weight is 217 g/mol. The molecule has 1 aromatic rings. The van der Waals surface area contributed by atoms with Crippen LogP contribution in [0.5, 0.6) is 0 Å². The van der Waals surface area contributed by atoms with Crippen molar-refractivity contribution < 1.29 is 4.79 Å². The van der Waals surface area contributed by atoms with Crippen molar-refractivity contribution in [3.8, 4) is 0 Å². The zero-order chi connectivity index (χ0) is 11.8. The normalized spacial score (nSPS) is 15.9. The van der Waals surface area contributed by atoms with Crippen LogP contribution in [0.4, 0.5) is 5.69 Å². The van der Waals surface area contributed by atoms with E-state index in [1.807, 2.05) is 18.2 Å². The molecule has 2 nitrogen and oxygen atoms in total. The highest BCUT2D eigenvalue weighted by Gasteiger charge is 2.30. The van der Waals surface area contributed by atoms with Gasteiger partial charge in [-0.25, -0.2) is 0 Å². The van der Waals surface area contributed by atoms with E-state index in [4.69, 9.17) is 0 Å². The number of hydrogen-bond donors (Lipinski definition) is 1. The second-order valence-electron chi connectivity index (χ2n) is 5.56. The molecular formula is C14H19NO. The van der Waals surface area contributed by atoms with Gasteiger partial charge in [0.05, 0.1) is 0 Å². The number of benzene rings is 1. The molecule has 2 heteroatoms. The molecule has 1 aromatic carbocycles. The number of amides is 1. The lowest BCUT2D eigenvalue weighted by Crippen LogP contribution is -2.19. The van der Waals surface area contributed by atoms with E-state index in [2.05, 4.69) is 32.2 Å². The van der Waals surface area contributed by atoms with Crippen LogP contribution in [0, 0.1) is 5.92 Å². The molecule has 0 atom stereocenters. The molecule has 0 unspecified atom stereocenters. The Hall–Kier alpha value is -1.31. The predicted octanol–water partition coefficient (Wildman–Crippen LogP) is 3.33. The van der Waals surface area contributed by atoms with E-state index in [9.17, 15) is 4.79 Å². The van der Waals surface area contributed by atoms with E-state index in [0.717, 1.165) is 18.5 Å². The van der Waals surface area contributed by atoms with Crippen molar-refractivity contribution in [1.29, 1.82) is 0 Å². The SMILES string of the molecule is CC(C)(C)c1ccccc1NC(=O)C1CC1. The van der Waals surface area contributed by atoms with E-state index in [-0.39, 0.29) is 17.2 Å². The molecule has 86 valence electrons. The average Bonchev–Trinajstić information content (AvgIpc) is 2.99. The van der Waals surface area contributed by atoms with Crippen molar-refractivity contribution in [2.45, 2.75) is 39.0 Å². The van der Waals surface area contributed by atoms with Gasteiger partial charge in [-0.1, -0.05) is 39.0 Å². The van der Waals surface area contributed by atoms with E-state index in [1.54, 1.807) is 0 Å². The first-order chi connectivity index (χ1) is 7.48. The Kier molecular flexibility index (Phi) is 2.75. The molecule has 1 aliphatic carbocycles. The van der Waals surface area contributed by atoms with Crippen LogP contribution in [-0.2, 0) is 10.2 Å². The smallest absolute Gasteiger partial charge is 0.227 e. The third kappa shape index (κ3) is 2.43. The van der Waals surface area contributed by atoms with E-state index >= 15 is 0 Å². The number of carbonyl (C=O) groups excluding carboxylic acids is 1. The maximum atomic E-state index is 11.7. The lowest BCUT2D eigenvalue weighted by Gasteiger charge is -2.22. The zero-order valence-corrected chi connectivity index (χ0v) is 10.2. The number of para-hydroxylation sites is 1. The molecule has 0 saturated heterocycles. The Morgan fingerprint density at radius 2 is 1.88 bits per heavy atom. The first-order valence-electron chi connectivity index (χ1n) is 5.89. The summed E-state index contributed by atoms with van der Waals surface area (Å²) in [6, 6.07) is 8.06. The number of nitrogens with one attached hydrogen (secondary N) is 1. The summed E-state index contributed by atoms with van der Waals surface area (Å²) in [6.07, 6.45) is 2.09. The fourth-order valence-corrected chi connectivity index (χ4v) is 1.83. The van der Waals surface area contributed by atoms with Crippen molar-refractivity contribution in [3.63, 3.8) is 0 Å². The van der Waals surface area contributed by atoms with Gasteiger partial charge in [-0.05, 0) is 29.9 Å². The van der Waals surface area contributed by atoms with Gasteiger partial charge in [-0.15, -0.1) is 0 Å². The summed E-state index contributed by atoms with van der Waals surface area (Å²) in [5.74, 6) is 0.435. The minimum absolute atomic E-state index is 0.0629. The predicted molar refractivity (Wildman–Crippen MR) is 66.5 cm³/mol. The standard InChI is InChI=1S/C14H19NO/c1-14(2,3)11-6-4-5-7-12(11)15-13(16)10-8-9-10/h4-7,10H,8-9H2,1-3H3,(H,15,16). The maximum Gasteiger partial charge on any atom is 0.227 e. The van der Waals surface area contributed by atoms with Gasteiger partial charge in [0.25, 0.3) is 0 Å². The fraction of sp³-hybridized carbons (Fsp3) is 0.500. The molecule has 1 saturated carbocycles. The van der Waals surface area contributed by atoms with Crippen molar-refractivity contribution in [2.24, 2.45) is 5.92 Å². The van der Waals surface area contributed by atoms with Gasteiger partial charge < -0.3 is 5.32 Å². The second-order valence-corrected chi connectivity index (χ2v) is 5.56. The molecule has 0 aromatic heterocycles. The Morgan fingerprint density at radius 3 is 2.44 bits per heavy atom. The summed E-state index contributed by atoms with van der Waals surface area (Å²) in [7, 11) is 0. The molecule has 2 rings (SSSR count). The molecule has 0 bridgehead atoms. The van der Waals surface area contributed by atoms with Crippen LogP contribution in [0.1, 0.15) is 39.2 Å². The molecule has 1 amide bonds. The molecular weight excluding hydrogens is 198 g/mol. The Bertz CT molecular complexity index is 399. The topological polar surface area (TPSA) is 29.1 Å². The van der Waals surface area contributed by atoms with Crippen molar-refractivity contribution in [2.75, 3.05) is 5.32 Å². The van der Waals surface area contributed by atoms with Crippen LogP contribution in [0.3, 0.4) is 0 Å². The summed E-state index contributed by atoms with van der Waals surface area (Å²) in [6.45, 7) is 6.49. The van der Waals surface area contributed by atoms with E-state index < -0.39 is 0 Å². The van der Waals surface area contributed by atoms with Crippen molar-refractivity contribution in [1.82, 2.24) is 0 Å². The maximum absolute atomic E-state index is 11.7. The van der Waals surface area contributed by atoms with Gasteiger partial charge in [0.15, 0.2) is 0 Å². The number of carbonyl (C=O) groups is 1. The highest BCUT2D eigenvalue weighted by Crippen LogP contribution is 2.33. The molecule has 16 heavy (non-hydrogen) atoms. The molecule has 0 spiro atoms. The van der Waals surface area contributed by atoms with Gasteiger partial charge in [0.1, 0.15) is 0 Å². The molecule has 0 aliphatic heterocycles. The molecule has 0 radical (unpaired) electrons. The minimum Gasteiger partial charge on any atom is -0.326 e. The Balaban J connectivity index is 2.22. The quantitative estimate of drug-likeness (QED) is 0.808. The van der Waals surface area contributed by atoms with E-state index in [1.165, 1.54) is 5.56 Å². The third-order valence-electron chi connectivity index (χ3n) is 2.94. The summed E-state index contributed by atoms with van der Waals surface area (Å²) in [4.78, 5) is 11.7. The summed E-state index contributed by atoms with van der Waals surface area (Å²) < 4.78 is 0. The number of hydrogen-bond acceptors (Lipinski definition) is 1. The lowest BCUT2D eigenvalue weighted by molar-refractivity contribution is -0.117. The van der Waals surface area contributed by atoms with Crippen LogP contribution in [-0.4, -0.2) is 5.91 Å². The molecule has 1 fully saturated rings. The molecule has 1 N–H and O–H groups in total. The minimum atomic E-state index is 0.0629. The summed E-state index contributed by atoms with van der Waals surface area (Å²) in [5, 5.41) is 3.04. The lowest BCUT2D eigenvalue weighted by atomic mass is 9.86. The number of anilines is 1. The Labute approximate surface area is 97.1 Å². The largest absolute Gasteiger partial charge is 0.326 e. The number of rotatable bonds is 2. The highest BCUT2D eigenvalue weighted by molar-refractivity contribution is 5.94. The van der Waals surface area contributed by atoms with Crippen LogP contribution in [0.15, 0.2) is 24.3 Å². The van der Waals surface area contributed by atoms with Crippen LogP contribution >= 0.6 is 0 Å². The van der Waals surface area contributed by atoms with E-state index in [0.29, 0.717) is 0 Å². The first-order valence-corrected chi connectivity index (χ1v) is 5.89. The van der Waals surface area contributed by atoms with Gasteiger partial charge >= 0.3 is 0 Å². The summed E-state index contributed by atoms with van der Waals surface area (Å²) in [5.41, 5.74) is 2.23. The molecule has 1 aliphatic rings. The van der Waals surface area contributed by atoms with Crippen LogP contribution in [0.2, 0.25) is 0 Å². The third-order valence-corrected chi connectivity index (χ3v) is 2.94. The van der Waals surface area contributed by atoms with Crippen molar-refractivity contribution >= 4 is 11.6 Å². The van der Waals surface area contributed by atoms with Crippen LogP contribution in [0.25, 0.3) is 0 Å². The van der Waals surface area contributed by atoms with Gasteiger partial charge in [-0.2, -0.15) is 0 Å². The van der Waals surface area contributed by atoms with Gasteiger partial charge in [-0.3, -0.25) is 4.79 Å². The summed E-state index contributed by atoms with van der Waals surface area (Å²) >= 11 is 0. The Morgan fingerprint density at radius 1 is 1.25 bits per heavy atom. The molecule has 0 heterocycles. The van der Waals surface area contributed by atoms with Gasteiger partial charge in [0.2, 0.25) is 5.91 Å². The van der Waals surface area contributed by atoms with Crippen LogP contribution < -0.4 is 5.32 Å². The van der Waals surface area contributed by atoms with Crippen molar-refractivity contribution in [3.05, 3.63) is 29.8 Å². The zero-order valence-electron chi connectivity index (χ0n) is 10.2. The first kappa shape index (κ1) is 11.2.